The van der Waals surface area contributed by atoms with Crippen LogP contribution >= 0.6 is 11.3 Å². The number of nitrogens with zero attached hydrogens (tertiary/aromatic N) is 1. The van der Waals surface area contributed by atoms with E-state index >= 15 is 0 Å². The van der Waals surface area contributed by atoms with Crippen LogP contribution in [0.3, 0.4) is 0 Å². The van der Waals surface area contributed by atoms with Gasteiger partial charge in [0.05, 0.1) is 5.75 Å². The number of rotatable bonds is 9. The normalized spacial score (nSPS) is 12.0. The molecule has 2 aromatic rings. The number of nitrogens with one attached hydrogen (secondary N) is 1. The highest BCUT2D eigenvalue weighted by atomic mass is 32.2. The summed E-state index contributed by atoms with van der Waals surface area (Å²) in [6.07, 6.45) is 3.72. The number of amides is 1. The molecule has 146 valence electrons. The Labute approximate surface area is 163 Å². The fourth-order valence-electron chi connectivity index (χ4n) is 2.30. The zero-order chi connectivity index (χ0) is 19.9. The Morgan fingerprint density at radius 1 is 1.22 bits per heavy atom. The summed E-state index contributed by atoms with van der Waals surface area (Å²) in [4.78, 5) is 13.8. The Morgan fingerprint density at radius 2 is 1.93 bits per heavy atom. The molecule has 1 N–H and O–H groups in total. The Bertz CT molecular complexity index is 890. The molecule has 0 aliphatic carbocycles. The van der Waals surface area contributed by atoms with Gasteiger partial charge in [0.2, 0.25) is 15.9 Å². The van der Waals surface area contributed by atoms with E-state index in [0.29, 0.717) is 19.5 Å². The number of halogens is 1. The molecule has 0 spiro atoms. The van der Waals surface area contributed by atoms with Crippen molar-refractivity contribution in [3.63, 3.8) is 0 Å². The van der Waals surface area contributed by atoms with Crippen LogP contribution in [0.1, 0.15) is 18.2 Å². The maximum Gasteiger partial charge on any atom is 0.244 e. The van der Waals surface area contributed by atoms with Gasteiger partial charge in [0.1, 0.15) is 5.82 Å². The van der Waals surface area contributed by atoms with Gasteiger partial charge >= 0.3 is 0 Å². The molecule has 0 unspecified atom stereocenters. The molecule has 27 heavy (non-hydrogen) atoms. The zero-order valence-corrected chi connectivity index (χ0v) is 16.9. The predicted octanol–water partition coefficient (Wildman–Crippen LogP) is 3.36. The van der Waals surface area contributed by atoms with Gasteiger partial charge < -0.3 is 5.32 Å². The third kappa shape index (κ3) is 6.57. The first-order chi connectivity index (χ1) is 12.8. The number of thiophene rings is 1. The van der Waals surface area contributed by atoms with Crippen molar-refractivity contribution in [2.75, 3.05) is 25.9 Å². The second kappa shape index (κ2) is 9.77. The van der Waals surface area contributed by atoms with Crippen LogP contribution in [-0.4, -0.2) is 44.5 Å². The lowest BCUT2D eigenvalue weighted by molar-refractivity contribution is -0.116. The van der Waals surface area contributed by atoms with Crippen molar-refractivity contribution < 1.29 is 17.6 Å². The van der Waals surface area contributed by atoms with E-state index < -0.39 is 10.0 Å². The van der Waals surface area contributed by atoms with Gasteiger partial charge in [0, 0.05) is 36.0 Å². The van der Waals surface area contributed by atoms with Gasteiger partial charge in [0.15, 0.2) is 0 Å². The summed E-state index contributed by atoms with van der Waals surface area (Å²) in [6.45, 7) is 2.37. The number of benzene rings is 1. The molecular formula is C19H23FN2O3S2. The first kappa shape index (κ1) is 21.3. The highest BCUT2D eigenvalue weighted by Gasteiger charge is 2.13. The van der Waals surface area contributed by atoms with Crippen molar-refractivity contribution in [3.8, 4) is 10.4 Å². The SMILES string of the molecule is CCS(=O)(=O)N(C)CCCNC(=O)/C=C/c1ccc(-c2ccc(F)cc2)s1. The van der Waals surface area contributed by atoms with E-state index in [2.05, 4.69) is 5.32 Å². The van der Waals surface area contributed by atoms with E-state index in [1.165, 1.54) is 40.9 Å². The lowest BCUT2D eigenvalue weighted by Gasteiger charge is -2.15. The largest absolute Gasteiger partial charge is 0.353 e. The maximum atomic E-state index is 13.0. The Hall–Kier alpha value is -2.03. The molecule has 1 aromatic carbocycles. The molecular weight excluding hydrogens is 387 g/mol. The van der Waals surface area contributed by atoms with Crippen molar-refractivity contribution in [3.05, 3.63) is 53.2 Å². The van der Waals surface area contributed by atoms with E-state index in [0.717, 1.165) is 15.3 Å². The van der Waals surface area contributed by atoms with Crippen molar-refractivity contribution in [2.45, 2.75) is 13.3 Å². The fraction of sp³-hybridized carbons (Fsp3) is 0.316. The quantitative estimate of drug-likeness (QED) is 0.509. The molecule has 0 aliphatic rings. The van der Waals surface area contributed by atoms with E-state index in [1.807, 2.05) is 12.1 Å². The van der Waals surface area contributed by atoms with Crippen molar-refractivity contribution >= 4 is 33.3 Å². The molecule has 8 heteroatoms. The lowest BCUT2D eigenvalue weighted by Crippen LogP contribution is -2.32. The molecule has 0 atom stereocenters. The monoisotopic (exact) mass is 410 g/mol. The van der Waals surface area contributed by atoms with Crippen LogP contribution < -0.4 is 5.32 Å². The number of carbonyl (C=O) groups is 1. The van der Waals surface area contributed by atoms with Crippen molar-refractivity contribution in [2.24, 2.45) is 0 Å². The highest BCUT2D eigenvalue weighted by molar-refractivity contribution is 7.89. The van der Waals surface area contributed by atoms with Crippen LogP contribution in [-0.2, 0) is 14.8 Å². The van der Waals surface area contributed by atoms with Gasteiger partial charge in [-0.3, -0.25) is 4.79 Å². The van der Waals surface area contributed by atoms with Crippen LogP contribution in [0.4, 0.5) is 4.39 Å². The number of hydrogen-bond donors (Lipinski definition) is 1. The molecule has 5 nitrogen and oxygen atoms in total. The van der Waals surface area contributed by atoms with Crippen molar-refractivity contribution in [1.82, 2.24) is 9.62 Å². The van der Waals surface area contributed by atoms with Gasteiger partial charge in [-0.15, -0.1) is 11.3 Å². The minimum Gasteiger partial charge on any atom is -0.353 e. The fourth-order valence-corrected chi connectivity index (χ4v) is 4.07. The summed E-state index contributed by atoms with van der Waals surface area (Å²) in [5, 5.41) is 2.74. The van der Waals surface area contributed by atoms with Crippen LogP contribution in [0.25, 0.3) is 16.5 Å². The number of hydrogen-bond acceptors (Lipinski definition) is 4. The van der Waals surface area contributed by atoms with Crippen LogP contribution in [0, 0.1) is 5.82 Å². The molecule has 2 rings (SSSR count). The van der Waals surface area contributed by atoms with Crippen LogP contribution in [0.5, 0.6) is 0 Å². The molecule has 0 bridgehead atoms. The summed E-state index contributed by atoms with van der Waals surface area (Å²) in [7, 11) is -1.64. The van der Waals surface area contributed by atoms with E-state index in [-0.39, 0.29) is 17.5 Å². The summed E-state index contributed by atoms with van der Waals surface area (Å²) < 4.78 is 37.5. The molecule has 0 radical (unpaired) electrons. The standard InChI is InChI=1S/C19H23FN2O3S2/c1-3-27(24,25)22(2)14-4-13-21-19(23)12-10-17-9-11-18(26-17)15-5-7-16(20)8-6-15/h5-12H,3-4,13-14H2,1-2H3,(H,21,23)/b12-10+. The van der Waals surface area contributed by atoms with Crippen LogP contribution in [0.15, 0.2) is 42.5 Å². The second-order valence-corrected chi connectivity index (χ2v) is 9.39. The van der Waals surface area contributed by atoms with Crippen molar-refractivity contribution in [1.29, 1.82) is 0 Å². The first-order valence-corrected chi connectivity index (χ1v) is 11.0. The smallest absolute Gasteiger partial charge is 0.244 e. The maximum absolute atomic E-state index is 13.0. The lowest BCUT2D eigenvalue weighted by atomic mass is 10.2. The van der Waals surface area contributed by atoms with E-state index in [4.69, 9.17) is 0 Å². The Balaban J connectivity index is 1.79. The summed E-state index contributed by atoms with van der Waals surface area (Å²) in [5.41, 5.74) is 0.927. The summed E-state index contributed by atoms with van der Waals surface area (Å²) >= 11 is 1.51. The predicted molar refractivity (Wildman–Crippen MR) is 108 cm³/mol. The molecule has 1 amide bonds. The topological polar surface area (TPSA) is 66.5 Å². The third-order valence-corrected chi connectivity index (χ3v) is 6.90. The summed E-state index contributed by atoms with van der Waals surface area (Å²) in [5.74, 6) is -0.433. The van der Waals surface area contributed by atoms with Gasteiger partial charge in [-0.25, -0.2) is 17.1 Å². The third-order valence-electron chi connectivity index (χ3n) is 3.94. The van der Waals surface area contributed by atoms with E-state index in [9.17, 15) is 17.6 Å². The molecule has 1 heterocycles. The van der Waals surface area contributed by atoms with E-state index in [1.54, 1.807) is 25.1 Å². The first-order valence-electron chi connectivity index (χ1n) is 8.57. The average Bonchev–Trinajstić information content (AvgIpc) is 3.13. The Kier molecular flexibility index (Phi) is 7.70. The van der Waals surface area contributed by atoms with Gasteiger partial charge in [-0.1, -0.05) is 12.1 Å². The summed E-state index contributed by atoms with van der Waals surface area (Å²) in [6, 6.07) is 10.1. The Morgan fingerprint density at radius 3 is 2.59 bits per heavy atom. The highest BCUT2D eigenvalue weighted by Crippen LogP contribution is 2.28. The van der Waals surface area contributed by atoms with Gasteiger partial charge in [0.25, 0.3) is 0 Å². The molecule has 0 saturated heterocycles. The van der Waals surface area contributed by atoms with Gasteiger partial charge in [-0.05, 0) is 49.2 Å². The molecule has 0 fully saturated rings. The molecule has 1 aromatic heterocycles. The van der Waals surface area contributed by atoms with Crippen LogP contribution in [0.2, 0.25) is 0 Å². The van der Waals surface area contributed by atoms with Gasteiger partial charge in [-0.2, -0.15) is 0 Å². The second-order valence-electron chi connectivity index (χ2n) is 5.91. The minimum absolute atomic E-state index is 0.0688. The molecule has 0 aliphatic heterocycles. The number of carbonyl (C=O) groups excluding carboxylic acids is 1. The average molecular weight is 411 g/mol. The zero-order valence-electron chi connectivity index (χ0n) is 15.3. The minimum atomic E-state index is -3.18. The number of sulfonamides is 1. The molecule has 0 saturated carbocycles.